The SMILES string of the molecule is CC(C)NCC(=O)Nc1ccc(C(=O)N2CCCCCC2)cc1. The highest BCUT2D eigenvalue weighted by atomic mass is 16.2. The van der Waals surface area contributed by atoms with Crippen molar-refractivity contribution in [1.29, 1.82) is 0 Å². The summed E-state index contributed by atoms with van der Waals surface area (Å²) >= 11 is 0. The van der Waals surface area contributed by atoms with Gasteiger partial charge in [-0.05, 0) is 37.1 Å². The molecule has 1 aromatic carbocycles. The van der Waals surface area contributed by atoms with E-state index in [-0.39, 0.29) is 24.4 Å². The Labute approximate surface area is 138 Å². The summed E-state index contributed by atoms with van der Waals surface area (Å²) in [5, 5.41) is 5.90. The molecule has 1 saturated heterocycles. The summed E-state index contributed by atoms with van der Waals surface area (Å²) in [6, 6.07) is 7.43. The van der Waals surface area contributed by atoms with Gasteiger partial charge in [0.25, 0.3) is 5.91 Å². The Morgan fingerprint density at radius 2 is 1.65 bits per heavy atom. The molecule has 1 aromatic rings. The third-order valence-electron chi connectivity index (χ3n) is 3.98. The highest BCUT2D eigenvalue weighted by Gasteiger charge is 2.17. The molecule has 1 aliphatic rings. The second kappa shape index (κ2) is 8.67. The molecule has 5 heteroatoms. The molecule has 0 unspecified atom stereocenters. The average molecular weight is 317 g/mol. The summed E-state index contributed by atoms with van der Waals surface area (Å²) in [5.74, 6) is 0.0107. The van der Waals surface area contributed by atoms with E-state index < -0.39 is 0 Å². The van der Waals surface area contributed by atoms with Crippen molar-refractivity contribution < 1.29 is 9.59 Å². The normalized spacial score (nSPS) is 15.3. The number of hydrogen-bond donors (Lipinski definition) is 2. The smallest absolute Gasteiger partial charge is 0.253 e. The molecule has 23 heavy (non-hydrogen) atoms. The lowest BCUT2D eigenvalue weighted by Gasteiger charge is -2.20. The Kier molecular flexibility index (Phi) is 6.59. The van der Waals surface area contributed by atoms with E-state index in [0.29, 0.717) is 11.3 Å². The first-order valence-electron chi connectivity index (χ1n) is 8.49. The first-order chi connectivity index (χ1) is 11.1. The first-order valence-corrected chi connectivity index (χ1v) is 8.49. The fourth-order valence-corrected chi connectivity index (χ4v) is 2.65. The van der Waals surface area contributed by atoms with Crippen molar-refractivity contribution in [3.63, 3.8) is 0 Å². The van der Waals surface area contributed by atoms with Gasteiger partial charge >= 0.3 is 0 Å². The van der Waals surface area contributed by atoms with Crippen molar-refractivity contribution in [3.05, 3.63) is 29.8 Å². The largest absolute Gasteiger partial charge is 0.339 e. The molecule has 0 atom stereocenters. The van der Waals surface area contributed by atoms with Gasteiger partial charge in [-0.2, -0.15) is 0 Å². The number of nitrogens with one attached hydrogen (secondary N) is 2. The van der Waals surface area contributed by atoms with Crippen LogP contribution in [0.3, 0.4) is 0 Å². The van der Waals surface area contributed by atoms with Gasteiger partial charge in [0.15, 0.2) is 0 Å². The third kappa shape index (κ3) is 5.67. The Morgan fingerprint density at radius 3 is 2.22 bits per heavy atom. The zero-order valence-corrected chi connectivity index (χ0v) is 14.1. The van der Waals surface area contributed by atoms with Gasteiger partial charge in [0.1, 0.15) is 0 Å². The van der Waals surface area contributed by atoms with Gasteiger partial charge in [0, 0.05) is 30.4 Å². The topological polar surface area (TPSA) is 61.4 Å². The maximum Gasteiger partial charge on any atom is 0.253 e. The predicted molar refractivity (Wildman–Crippen MR) is 92.6 cm³/mol. The van der Waals surface area contributed by atoms with Gasteiger partial charge in [0.05, 0.1) is 6.54 Å². The minimum Gasteiger partial charge on any atom is -0.339 e. The molecular formula is C18H27N3O2. The Bertz CT molecular complexity index is 518. The number of hydrogen-bond acceptors (Lipinski definition) is 3. The lowest BCUT2D eigenvalue weighted by molar-refractivity contribution is -0.115. The van der Waals surface area contributed by atoms with E-state index in [9.17, 15) is 9.59 Å². The molecule has 126 valence electrons. The highest BCUT2D eigenvalue weighted by Crippen LogP contribution is 2.15. The van der Waals surface area contributed by atoms with Crippen molar-refractivity contribution in [2.24, 2.45) is 0 Å². The van der Waals surface area contributed by atoms with E-state index >= 15 is 0 Å². The van der Waals surface area contributed by atoms with E-state index in [1.807, 2.05) is 18.7 Å². The van der Waals surface area contributed by atoms with E-state index in [2.05, 4.69) is 10.6 Å². The van der Waals surface area contributed by atoms with Gasteiger partial charge < -0.3 is 15.5 Å². The zero-order valence-electron chi connectivity index (χ0n) is 14.1. The van der Waals surface area contributed by atoms with Crippen LogP contribution in [0, 0.1) is 0 Å². The number of rotatable bonds is 5. The molecule has 0 aromatic heterocycles. The Morgan fingerprint density at radius 1 is 1.04 bits per heavy atom. The third-order valence-corrected chi connectivity index (χ3v) is 3.98. The van der Waals surface area contributed by atoms with Crippen molar-refractivity contribution in [2.75, 3.05) is 25.0 Å². The van der Waals surface area contributed by atoms with Crippen LogP contribution in [-0.4, -0.2) is 42.4 Å². The molecule has 0 bridgehead atoms. The van der Waals surface area contributed by atoms with E-state index in [0.717, 1.165) is 25.9 Å². The van der Waals surface area contributed by atoms with Gasteiger partial charge in [-0.3, -0.25) is 9.59 Å². The summed E-state index contributed by atoms with van der Waals surface area (Å²) in [4.78, 5) is 26.2. The van der Waals surface area contributed by atoms with Crippen LogP contribution < -0.4 is 10.6 Å². The minimum absolute atomic E-state index is 0.0784. The summed E-state index contributed by atoms with van der Waals surface area (Å²) in [5.41, 5.74) is 1.40. The quantitative estimate of drug-likeness (QED) is 0.877. The van der Waals surface area contributed by atoms with Crippen LogP contribution in [0.25, 0.3) is 0 Å². The maximum absolute atomic E-state index is 12.5. The Hall–Kier alpha value is -1.88. The molecule has 2 N–H and O–H groups in total. The van der Waals surface area contributed by atoms with E-state index in [1.165, 1.54) is 12.8 Å². The molecule has 1 aliphatic heterocycles. The Balaban J connectivity index is 1.90. The van der Waals surface area contributed by atoms with Crippen molar-refractivity contribution in [1.82, 2.24) is 10.2 Å². The lowest BCUT2D eigenvalue weighted by atomic mass is 10.1. The highest BCUT2D eigenvalue weighted by molar-refractivity contribution is 5.96. The molecule has 1 fully saturated rings. The van der Waals surface area contributed by atoms with Gasteiger partial charge in [-0.25, -0.2) is 0 Å². The first kappa shape index (κ1) is 17.5. The number of benzene rings is 1. The molecule has 2 amide bonds. The number of anilines is 1. The van der Waals surface area contributed by atoms with Crippen LogP contribution in [0.2, 0.25) is 0 Å². The van der Waals surface area contributed by atoms with Crippen molar-refractivity contribution in [3.8, 4) is 0 Å². The second-order valence-corrected chi connectivity index (χ2v) is 6.37. The van der Waals surface area contributed by atoms with E-state index in [4.69, 9.17) is 0 Å². The zero-order chi connectivity index (χ0) is 16.7. The monoisotopic (exact) mass is 317 g/mol. The summed E-state index contributed by atoms with van der Waals surface area (Å²) in [6.45, 7) is 5.97. The molecular weight excluding hydrogens is 290 g/mol. The minimum atomic E-state index is -0.0784. The van der Waals surface area contributed by atoms with E-state index in [1.54, 1.807) is 24.3 Å². The lowest BCUT2D eigenvalue weighted by Crippen LogP contribution is -2.32. The summed E-state index contributed by atoms with van der Waals surface area (Å²) in [6.07, 6.45) is 4.59. The van der Waals surface area contributed by atoms with Crippen LogP contribution in [0.5, 0.6) is 0 Å². The molecule has 0 radical (unpaired) electrons. The number of nitrogens with zero attached hydrogens (tertiary/aromatic N) is 1. The predicted octanol–water partition coefficient (Wildman–Crippen LogP) is 2.64. The molecule has 0 spiro atoms. The molecule has 0 aliphatic carbocycles. The number of carbonyl (C=O) groups excluding carboxylic acids is 2. The van der Waals surface area contributed by atoms with Crippen LogP contribution in [0.1, 0.15) is 49.9 Å². The molecule has 5 nitrogen and oxygen atoms in total. The summed E-state index contributed by atoms with van der Waals surface area (Å²) in [7, 11) is 0. The van der Waals surface area contributed by atoms with Crippen molar-refractivity contribution in [2.45, 2.75) is 45.6 Å². The van der Waals surface area contributed by atoms with Crippen LogP contribution in [0.15, 0.2) is 24.3 Å². The number of carbonyl (C=O) groups is 2. The van der Waals surface area contributed by atoms with Gasteiger partial charge in [-0.1, -0.05) is 26.7 Å². The average Bonchev–Trinajstić information content (AvgIpc) is 2.82. The van der Waals surface area contributed by atoms with Crippen LogP contribution in [-0.2, 0) is 4.79 Å². The van der Waals surface area contributed by atoms with Gasteiger partial charge in [0.2, 0.25) is 5.91 Å². The molecule has 0 saturated carbocycles. The maximum atomic E-state index is 12.5. The second-order valence-electron chi connectivity index (χ2n) is 6.37. The fraction of sp³-hybridized carbons (Fsp3) is 0.556. The number of amides is 2. The van der Waals surface area contributed by atoms with Gasteiger partial charge in [-0.15, -0.1) is 0 Å². The van der Waals surface area contributed by atoms with Crippen LogP contribution in [0.4, 0.5) is 5.69 Å². The standard InChI is InChI=1S/C18H27N3O2/c1-14(2)19-13-17(22)20-16-9-7-15(8-10-16)18(23)21-11-5-3-4-6-12-21/h7-10,14,19H,3-6,11-13H2,1-2H3,(H,20,22). The van der Waals surface area contributed by atoms with Crippen molar-refractivity contribution >= 4 is 17.5 Å². The van der Waals surface area contributed by atoms with Crippen LogP contribution >= 0.6 is 0 Å². The number of likely N-dealkylation sites (tertiary alicyclic amines) is 1. The summed E-state index contributed by atoms with van der Waals surface area (Å²) < 4.78 is 0. The molecule has 1 heterocycles. The molecule has 2 rings (SSSR count). The fourth-order valence-electron chi connectivity index (χ4n) is 2.65.